The topological polar surface area (TPSA) is 127 Å². The van der Waals surface area contributed by atoms with Gasteiger partial charge in [-0.25, -0.2) is 18.0 Å². The van der Waals surface area contributed by atoms with Crippen molar-refractivity contribution in [3.63, 3.8) is 0 Å². The molecule has 1 atom stereocenters. The Morgan fingerprint density at radius 2 is 1.57 bits per heavy atom. The molecular formula is C29H32F3N3O6S. The maximum atomic E-state index is 13.0. The average Bonchev–Trinajstić information content (AvgIpc) is 2.89. The molecule has 1 aliphatic heterocycles. The van der Waals surface area contributed by atoms with Crippen LogP contribution in [0.3, 0.4) is 0 Å². The molecule has 3 aromatic carbocycles. The number of sulfonamides is 1. The summed E-state index contributed by atoms with van der Waals surface area (Å²) < 4.78 is 60.3. The van der Waals surface area contributed by atoms with Crippen LogP contribution in [0.2, 0.25) is 0 Å². The van der Waals surface area contributed by atoms with Gasteiger partial charge >= 0.3 is 18.1 Å². The lowest BCUT2D eigenvalue weighted by molar-refractivity contribution is -0.192. The van der Waals surface area contributed by atoms with E-state index in [-0.39, 0.29) is 22.2 Å². The lowest BCUT2D eigenvalue weighted by atomic mass is 10.1. The number of aliphatic carboxylic acids is 1. The molecule has 1 fully saturated rings. The van der Waals surface area contributed by atoms with Crippen molar-refractivity contribution in [2.75, 3.05) is 34.2 Å². The smallest absolute Gasteiger partial charge is 0.478 e. The molecule has 1 saturated heterocycles. The molecule has 1 heterocycles. The van der Waals surface area contributed by atoms with Crippen molar-refractivity contribution in [3.8, 4) is 0 Å². The average molecular weight is 608 g/mol. The number of halogens is 3. The number of nitrogens with one attached hydrogen (secondary N) is 1. The van der Waals surface area contributed by atoms with Crippen LogP contribution in [0, 0.1) is 20.8 Å². The van der Waals surface area contributed by atoms with Gasteiger partial charge in [-0.15, -0.1) is 0 Å². The number of piperazine rings is 1. The van der Waals surface area contributed by atoms with Gasteiger partial charge < -0.3 is 20.0 Å². The molecule has 3 aromatic rings. The third kappa shape index (κ3) is 7.93. The van der Waals surface area contributed by atoms with E-state index in [1.807, 2.05) is 19.1 Å². The molecule has 42 heavy (non-hydrogen) atoms. The summed E-state index contributed by atoms with van der Waals surface area (Å²) in [4.78, 5) is 25.6. The normalized spacial score (nSPS) is 15.5. The van der Waals surface area contributed by atoms with Crippen LogP contribution in [0.4, 0.5) is 30.2 Å². The third-order valence-electron chi connectivity index (χ3n) is 6.66. The molecule has 4 rings (SSSR count). The van der Waals surface area contributed by atoms with Gasteiger partial charge in [0, 0.05) is 37.1 Å². The predicted octanol–water partition coefficient (Wildman–Crippen LogP) is 5.46. The fourth-order valence-corrected chi connectivity index (χ4v) is 6.00. The zero-order valence-electron chi connectivity index (χ0n) is 23.4. The molecule has 0 spiro atoms. The second-order valence-electron chi connectivity index (χ2n) is 10.0. The number of carbonyl (C=O) groups is 2. The summed E-state index contributed by atoms with van der Waals surface area (Å²) >= 11 is 0. The van der Waals surface area contributed by atoms with Crippen LogP contribution in [-0.2, 0) is 14.8 Å². The van der Waals surface area contributed by atoms with Crippen LogP contribution >= 0.6 is 0 Å². The number of nitrogens with zero attached hydrogens (tertiary/aromatic N) is 2. The number of carboxylic acids is 2. The monoisotopic (exact) mass is 607 g/mol. The number of alkyl halides is 3. The van der Waals surface area contributed by atoms with Crippen molar-refractivity contribution >= 4 is 39.0 Å². The predicted molar refractivity (Wildman–Crippen MR) is 154 cm³/mol. The van der Waals surface area contributed by atoms with Crippen LogP contribution in [0.5, 0.6) is 0 Å². The molecular weight excluding hydrogens is 575 g/mol. The minimum Gasteiger partial charge on any atom is -0.478 e. The van der Waals surface area contributed by atoms with E-state index in [1.165, 1.54) is 11.6 Å². The zero-order valence-corrected chi connectivity index (χ0v) is 24.3. The Bertz CT molecular complexity index is 1580. The van der Waals surface area contributed by atoms with Gasteiger partial charge in [0.15, 0.2) is 0 Å². The van der Waals surface area contributed by atoms with Crippen LogP contribution in [0.1, 0.15) is 34.0 Å². The van der Waals surface area contributed by atoms with Gasteiger partial charge in [-0.1, -0.05) is 24.3 Å². The number of hydrogen-bond donors (Lipinski definition) is 3. The fourth-order valence-electron chi connectivity index (χ4n) is 4.62. The van der Waals surface area contributed by atoms with E-state index >= 15 is 0 Å². The second-order valence-corrected chi connectivity index (χ2v) is 11.7. The standard InChI is InChI=1S/C27H31N3O4S.C2HF3O2/c1-18-6-5-7-23(14-18)30-13-12-29(17-21(30)4)25-11-10-22(16-24(25)27(31)32)28-35(33,34)26-15-19(2)8-9-20(26)3;3-2(4,5)1(6)7/h5-11,14-16,21,28H,12-13,17H2,1-4H3,(H,31,32);(H,6,7). The Kier molecular flexibility index (Phi) is 9.77. The maximum Gasteiger partial charge on any atom is 0.490 e. The van der Waals surface area contributed by atoms with E-state index in [4.69, 9.17) is 9.90 Å². The molecule has 0 amide bonds. The fraction of sp³-hybridized carbons (Fsp3) is 0.310. The van der Waals surface area contributed by atoms with Gasteiger partial charge in [0.2, 0.25) is 0 Å². The number of benzene rings is 3. The summed E-state index contributed by atoms with van der Waals surface area (Å²) in [6, 6.07) is 18.5. The van der Waals surface area contributed by atoms with E-state index in [0.29, 0.717) is 24.3 Å². The number of aromatic carboxylic acids is 1. The summed E-state index contributed by atoms with van der Waals surface area (Å²) in [6.45, 7) is 9.83. The Balaban J connectivity index is 0.000000616. The molecule has 9 nitrogen and oxygen atoms in total. The zero-order chi connectivity index (χ0) is 31.4. The number of rotatable bonds is 6. The van der Waals surface area contributed by atoms with Gasteiger partial charge in [0.25, 0.3) is 10.0 Å². The SMILES string of the molecule is Cc1cccc(N2CCN(c3ccc(NS(=O)(=O)c4cc(C)ccc4C)cc3C(=O)O)CC2C)c1.O=C(O)C(F)(F)F. The molecule has 13 heteroatoms. The van der Waals surface area contributed by atoms with Crippen molar-refractivity contribution in [1.29, 1.82) is 0 Å². The highest BCUT2D eigenvalue weighted by atomic mass is 32.2. The Morgan fingerprint density at radius 3 is 2.14 bits per heavy atom. The van der Waals surface area contributed by atoms with Crippen LogP contribution in [0.25, 0.3) is 0 Å². The number of anilines is 3. The van der Waals surface area contributed by atoms with Gasteiger partial charge in [-0.3, -0.25) is 4.72 Å². The molecule has 1 aliphatic rings. The van der Waals surface area contributed by atoms with E-state index < -0.39 is 28.1 Å². The molecule has 0 aromatic heterocycles. The van der Waals surface area contributed by atoms with Crippen molar-refractivity contribution < 1.29 is 41.4 Å². The summed E-state index contributed by atoms with van der Waals surface area (Å²) in [5, 5.41) is 17.1. The lowest BCUT2D eigenvalue weighted by Gasteiger charge is -2.42. The first-order valence-electron chi connectivity index (χ1n) is 12.9. The van der Waals surface area contributed by atoms with E-state index in [9.17, 15) is 31.5 Å². The summed E-state index contributed by atoms with van der Waals surface area (Å²) in [5.41, 5.74) is 4.69. The van der Waals surface area contributed by atoms with Gasteiger partial charge in [-0.05, 0) is 80.8 Å². The first kappa shape index (κ1) is 32.3. The molecule has 3 N–H and O–H groups in total. The third-order valence-corrected chi connectivity index (χ3v) is 8.18. The summed E-state index contributed by atoms with van der Waals surface area (Å²) in [5.74, 6) is -3.85. The van der Waals surface area contributed by atoms with E-state index in [0.717, 1.165) is 17.8 Å². The number of hydrogen-bond acceptors (Lipinski definition) is 6. The highest BCUT2D eigenvalue weighted by Crippen LogP contribution is 2.30. The van der Waals surface area contributed by atoms with Crippen molar-refractivity contribution in [2.45, 2.75) is 44.8 Å². The second kappa shape index (κ2) is 12.7. The van der Waals surface area contributed by atoms with Crippen molar-refractivity contribution in [3.05, 3.63) is 82.9 Å². The van der Waals surface area contributed by atoms with Crippen LogP contribution in [-0.4, -0.2) is 62.4 Å². The Morgan fingerprint density at radius 1 is 0.929 bits per heavy atom. The van der Waals surface area contributed by atoms with Gasteiger partial charge in [0.05, 0.1) is 16.1 Å². The lowest BCUT2D eigenvalue weighted by Crippen LogP contribution is -2.52. The van der Waals surface area contributed by atoms with Crippen LogP contribution in [0.15, 0.2) is 65.6 Å². The Hall–Kier alpha value is -4.26. The first-order chi connectivity index (χ1) is 19.5. The maximum absolute atomic E-state index is 13.0. The molecule has 0 bridgehead atoms. The van der Waals surface area contributed by atoms with E-state index in [2.05, 4.69) is 46.6 Å². The summed E-state index contributed by atoms with van der Waals surface area (Å²) in [6.07, 6.45) is -5.08. The van der Waals surface area contributed by atoms with Gasteiger partial charge in [-0.2, -0.15) is 13.2 Å². The highest BCUT2D eigenvalue weighted by Gasteiger charge is 2.38. The molecule has 226 valence electrons. The van der Waals surface area contributed by atoms with Crippen molar-refractivity contribution in [1.82, 2.24) is 0 Å². The van der Waals surface area contributed by atoms with Crippen LogP contribution < -0.4 is 14.5 Å². The molecule has 1 unspecified atom stereocenters. The minimum absolute atomic E-state index is 0.0716. The quantitative estimate of drug-likeness (QED) is 0.337. The highest BCUT2D eigenvalue weighted by molar-refractivity contribution is 7.92. The van der Waals surface area contributed by atoms with Gasteiger partial charge in [0.1, 0.15) is 0 Å². The van der Waals surface area contributed by atoms with Crippen molar-refractivity contribution in [2.24, 2.45) is 0 Å². The largest absolute Gasteiger partial charge is 0.490 e. The summed E-state index contributed by atoms with van der Waals surface area (Å²) in [7, 11) is -3.86. The number of carboxylic acid groups (broad SMARTS) is 2. The Labute approximate surface area is 242 Å². The first-order valence-corrected chi connectivity index (χ1v) is 14.3. The van der Waals surface area contributed by atoms with E-state index in [1.54, 1.807) is 31.2 Å². The number of aryl methyl sites for hydroxylation is 3. The molecule has 0 saturated carbocycles. The molecule has 0 radical (unpaired) electrons. The molecule has 0 aliphatic carbocycles. The minimum atomic E-state index is -5.08.